The number of aryl methyl sites for hydroxylation is 1. The van der Waals surface area contributed by atoms with Gasteiger partial charge in [0, 0.05) is 12.1 Å². The molecule has 0 unspecified atom stereocenters. The van der Waals surface area contributed by atoms with Crippen LogP contribution in [0.15, 0.2) is 63.6 Å². The second kappa shape index (κ2) is 16.6. The van der Waals surface area contributed by atoms with Crippen molar-refractivity contribution in [3.63, 3.8) is 0 Å². The van der Waals surface area contributed by atoms with E-state index in [0.29, 0.717) is 5.56 Å². The van der Waals surface area contributed by atoms with Gasteiger partial charge in [0.15, 0.2) is 0 Å². The van der Waals surface area contributed by atoms with Crippen LogP contribution in [0.3, 0.4) is 0 Å². The standard InChI is InChI=1S/C30H43N3O3S2/c1-2-3-4-5-6-7-8-9-10-11-12-13-14-19-24-33-27-21-16-17-22-28(27)37-30(33)32-31-25-26-20-15-18-23-29(26)38(34,35)36/h15-18,20-23,25H,2-14,19,24H2,1H3,(H,34,35,36). The third-order valence-corrected chi connectivity index (χ3v) is 8.84. The van der Waals surface area contributed by atoms with Crippen LogP contribution in [-0.4, -0.2) is 23.8 Å². The van der Waals surface area contributed by atoms with Crippen molar-refractivity contribution in [2.45, 2.75) is 108 Å². The fourth-order valence-electron chi connectivity index (χ4n) is 4.74. The predicted molar refractivity (Wildman–Crippen MR) is 160 cm³/mol. The van der Waals surface area contributed by atoms with Crippen LogP contribution in [0.2, 0.25) is 0 Å². The van der Waals surface area contributed by atoms with E-state index in [1.54, 1.807) is 29.5 Å². The summed E-state index contributed by atoms with van der Waals surface area (Å²) in [6.45, 7) is 3.14. The zero-order valence-corrected chi connectivity index (χ0v) is 24.4. The van der Waals surface area contributed by atoms with Crippen LogP contribution < -0.4 is 4.80 Å². The minimum atomic E-state index is -4.32. The molecule has 0 saturated carbocycles. The van der Waals surface area contributed by atoms with Crippen molar-refractivity contribution >= 4 is 37.9 Å². The molecule has 0 spiro atoms. The Morgan fingerprint density at radius 2 is 1.34 bits per heavy atom. The molecular formula is C30H43N3O3S2. The second-order valence-corrected chi connectivity index (χ2v) is 12.4. The number of para-hydroxylation sites is 1. The van der Waals surface area contributed by atoms with Crippen LogP contribution in [0, 0.1) is 0 Å². The van der Waals surface area contributed by atoms with E-state index in [2.05, 4.69) is 33.8 Å². The van der Waals surface area contributed by atoms with Gasteiger partial charge < -0.3 is 4.57 Å². The number of aromatic nitrogens is 1. The Hall–Kier alpha value is -2.29. The lowest BCUT2D eigenvalue weighted by Crippen LogP contribution is -2.14. The Labute approximate surface area is 232 Å². The Morgan fingerprint density at radius 3 is 1.97 bits per heavy atom. The van der Waals surface area contributed by atoms with Crippen molar-refractivity contribution in [3.05, 3.63) is 58.9 Å². The molecule has 0 fully saturated rings. The van der Waals surface area contributed by atoms with Crippen molar-refractivity contribution < 1.29 is 13.0 Å². The largest absolute Gasteiger partial charge is 0.315 e. The summed E-state index contributed by atoms with van der Waals surface area (Å²) in [5.74, 6) is 0. The number of benzene rings is 2. The van der Waals surface area contributed by atoms with E-state index in [1.807, 2.05) is 12.1 Å². The summed E-state index contributed by atoms with van der Waals surface area (Å²) >= 11 is 1.57. The van der Waals surface area contributed by atoms with E-state index in [-0.39, 0.29) is 4.90 Å². The van der Waals surface area contributed by atoms with Gasteiger partial charge in [-0.05, 0) is 24.6 Å². The zero-order valence-electron chi connectivity index (χ0n) is 22.7. The van der Waals surface area contributed by atoms with Crippen LogP contribution in [-0.2, 0) is 16.7 Å². The van der Waals surface area contributed by atoms with Crippen molar-refractivity contribution in [3.8, 4) is 0 Å². The van der Waals surface area contributed by atoms with Gasteiger partial charge in [-0.2, -0.15) is 13.5 Å². The first-order chi connectivity index (χ1) is 18.5. The van der Waals surface area contributed by atoms with E-state index in [0.717, 1.165) is 28.0 Å². The number of fused-ring (bicyclic) bond motifs is 1. The molecule has 0 aliphatic heterocycles. The lowest BCUT2D eigenvalue weighted by molar-refractivity contribution is 0.483. The van der Waals surface area contributed by atoms with E-state index in [4.69, 9.17) is 0 Å². The summed E-state index contributed by atoms with van der Waals surface area (Å²) in [7, 11) is -4.32. The fraction of sp³-hybridized carbons (Fsp3) is 0.533. The predicted octanol–water partition coefficient (Wildman–Crippen LogP) is 8.37. The smallest absolute Gasteiger partial charge is 0.295 e. The Kier molecular flexibility index (Phi) is 13.2. The average Bonchev–Trinajstić information content (AvgIpc) is 3.26. The number of unbranched alkanes of at least 4 members (excludes halogenated alkanes) is 13. The molecule has 0 aliphatic carbocycles. The number of rotatable bonds is 18. The Bertz CT molecular complexity index is 1310. The minimum Gasteiger partial charge on any atom is -0.315 e. The molecule has 0 aliphatic rings. The topological polar surface area (TPSA) is 84.0 Å². The summed E-state index contributed by atoms with van der Waals surface area (Å²) in [6, 6.07) is 14.4. The quantitative estimate of drug-likeness (QED) is 0.0738. The highest BCUT2D eigenvalue weighted by molar-refractivity contribution is 7.86. The highest BCUT2D eigenvalue weighted by Gasteiger charge is 2.13. The van der Waals surface area contributed by atoms with E-state index in [9.17, 15) is 13.0 Å². The molecule has 8 heteroatoms. The maximum atomic E-state index is 11.6. The van der Waals surface area contributed by atoms with Crippen molar-refractivity contribution in [2.75, 3.05) is 0 Å². The molecule has 3 rings (SSSR count). The molecule has 1 N–H and O–H groups in total. The molecule has 1 aromatic heterocycles. The molecule has 0 saturated heterocycles. The third-order valence-electron chi connectivity index (χ3n) is 6.86. The maximum Gasteiger partial charge on any atom is 0.295 e. The Morgan fingerprint density at radius 1 is 0.789 bits per heavy atom. The van der Waals surface area contributed by atoms with Crippen LogP contribution in [0.4, 0.5) is 0 Å². The van der Waals surface area contributed by atoms with Gasteiger partial charge in [-0.15, -0.1) is 5.10 Å². The second-order valence-electron chi connectivity index (χ2n) is 9.96. The summed E-state index contributed by atoms with van der Waals surface area (Å²) in [4.78, 5) is 0.604. The lowest BCUT2D eigenvalue weighted by Gasteiger charge is -2.06. The van der Waals surface area contributed by atoms with Gasteiger partial charge in [0.1, 0.15) is 4.90 Å². The number of hydrogen-bond donors (Lipinski definition) is 1. The molecule has 0 radical (unpaired) electrons. The third kappa shape index (κ3) is 10.1. The normalized spacial score (nSPS) is 12.7. The molecule has 3 aromatic rings. The van der Waals surface area contributed by atoms with Gasteiger partial charge in [0.05, 0.1) is 16.4 Å². The molecule has 208 valence electrons. The monoisotopic (exact) mass is 557 g/mol. The minimum absolute atomic E-state index is 0.175. The first-order valence-electron chi connectivity index (χ1n) is 14.2. The van der Waals surface area contributed by atoms with Gasteiger partial charge in [-0.1, -0.05) is 132 Å². The zero-order chi connectivity index (χ0) is 27.1. The molecular weight excluding hydrogens is 514 g/mol. The lowest BCUT2D eigenvalue weighted by atomic mass is 10.0. The van der Waals surface area contributed by atoms with Crippen LogP contribution >= 0.6 is 11.3 Å². The number of thiazole rings is 1. The number of hydrogen-bond acceptors (Lipinski definition) is 5. The summed E-state index contributed by atoms with van der Waals surface area (Å²) < 4.78 is 36.1. The molecule has 6 nitrogen and oxygen atoms in total. The molecule has 0 amide bonds. The summed E-state index contributed by atoms with van der Waals surface area (Å²) in [5.41, 5.74) is 1.44. The van der Waals surface area contributed by atoms with Crippen molar-refractivity contribution in [1.29, 1.82) is 0 Å². The van der Waals surface area contributed by atoms with Gasteiger partial charge in [-0.3, -0.25) is 4.55 Å². The van der Waals surface area contributed by atoms with Crippen LogP contribution in [0.25, 0.3) is 10.2 Å². The van der Waals surface area contributed by atoms with Gasteiger partial charge in [-0.25, -0.2) is 0 Å². The van der Waals surface area contributed by atoms with Crippen molar-refractivity contribution in [1.82, 2.24) is 4.57 Å². The van der Waals surface area contributed by atoms with Crippen molar-refractivity contribution in [2.24, 2.45) is 10.2 Å². The highest BCUT2D eigenvalue weighted by Crippen LogP contribution is 2.19. The molecule has 1 heterocycles. The Balaban J connectivity index is 1.47. The van der Waals surface area contributed by atoms with Gasteiger partial charge >= 0.3 is 0 Å². The van der Waals surface area contributed by atoms with E-state index in [1.165, 1.54) is 95.8 Å². The SMILES string of the molecule is CCCCCCCCCCCCCCCCn1c(=NN=Cc2ccccc2S(=O)(=O)O)sc2ccccc21. The average molecular weight is 558 g/mol. The summed E-state index contributed by atoms with van der Waals surface area (Å²) in [6.07, 6.45) is 20.0. The summed E-state index contributed by atoms with van der Waals surface area (Å²) in [5, 5.41) is 8.59. The van der Waals surface area contributed by atoms with Crippen LogP contribution in [0.5, 0.6) is 0 Å². The van der Waals surface area contributed by atoms with Crippen LogP contribution in [0.1, 0.15) is 102 Å². The fourth-order valence-corrected chi connectivity index (χ4v) is 6.42. The first kappa shape index (κ1) is 30.3. The maximum absolute atomic E-state index is 11.6. The van der Waals surface area contributed by atoms with E-state index < -0.39 is 10.1 Å². The molecule has 0 bridgehead atoms. The first-order valence-corrected chi connectivity index (χ1v) is 16.5. The number of nitrogens with zero attached hydrogens (tertiary/aromatic N) is 3. The highest BCUT2D eigenvalue weighted by atomic mass is 32.2. The van der Waals surface area contributed by atoms with E-state index >= 15 is 0 Å². The van der Waals surface area contributed by atoms with Gasteiger partial charge in [0.25, 0.3) is 10.1 Å². The molecule has 2 aromatic carbocycles. The molecule has 0 atom stereocenters. The van der Waals surface area contributed by atoms with Gasteiger partial charge in [0.2, 0.25) is 4.80 Å². The molecule has 38 heavy (non-hydrogen) atoms.